The molecule has 6 heteroatoms. The van der Waals surface area contributed by atoms with E-state index in [2.05, 4.69) is 20.4 Å². The quantitative estimate of drug-likeness (QED) is 0.909. The number of aromatic nitrogens is 1. The van der Waals surface area contributed by atoms with E-state index in [9.17, 15) is 9.59 Å². The molecule has 0 spiro atoms. The van der Waals surface area contributed by atoms with Crippen molar-refractivity contribution in [2.24, 2.45) is 0 Å². The van der Waals surface area contributed by atoms with E-state index in [4.69, 9.17) is 0 Å². The second kappa shape index (κ2) is 7.40. The highest BCUT2D eigenvalue weighted by Gasteiger charge is 2.09. The summed E-state index contributed by atoms with van der Waals surface area (Å²) in [7, 11) is 1.29. The number of carbonyl (C=O) groups is 2. The molecule has 0 atom stereocenters. The van der Waals surface area contributed by atoms with Crippen LogP contribution in [0.3, 0.4) is 0 Å². The zero-order chi connectivity index (χ0) is 16.8. The number of hydrogen-bond acceptors (Lipinski definition) is 4. The monoisotopic (exact) mass is 313 g/mol. The molecule has 1 aromatic carbocycles. The Kier molecular flexibility index (Phi) is 5.30. The Morgan fingerprint density at radius 1 is 1.13 bits per heavy atom. The maximum absolute atomic E-state index is 12.3. The highest BCUT2D eigenvalue weighted by atomic mass is 16.5. The normalized spacial score (nSPS) is 10.0. The summed E-state index contributed by atoms with van der Waals surface area (Å²) in [6.45, 7) is 4.15. The topological polar surface area (TPSA) is 80.3 Å². The molecule has 1 heterocycles. The Labute approximate surface area is 134 Å². The summed E-state index contributed by atoms with van der Waals surface area (Å²) in [5, 5.41) is 5.39. The Hall–Kier alpha value is -2.89. The van der Waals surface area contributed by atoms with E-state index in [1.165, 1.54) is 13.3 Å². The lowest BCUT2D eigenvalue weighted by molar-refractivity contribution is 0.102. The third-order valence-electron chi connectivity index (χ3n) is 3.16. The molecule has 0 unspecified atom stereocenters. The first kappa shape index (κ1) is 16.5. The number of ether oxygens (including phenoxy) is 1. The summed E-state index contributed by atoms with van der Waals surface area (Å²) >= 11 is 0. The van der Waals surface area contributed by atoms with Gasteiger partial charge in [-0.2, -0.15) is 0 Å². The van der Waals surface area contributed by atoms with Gasteiger partial charge in [0.2, 0.25) is 0 Å². The van der Waals surface area contributed by atoms with Gasteiger partial charge in [0.05, 0.1) is 19.3 Å². The summed E-state index contributed by atoms with van der Waals surface area (Å²) in [6.07, 6.45) is 0.988. The molecule has 2 aromatic rings. The number of benzene rings is 1. The average molecular weight is 313 g/mol. The van der Waals surface area contributed by atoms with Crippen molar-refractivity contribution in [2.75, 3.05) is 12.4 Å². The first-order chi connectivity index (χ1) is 11.0. The van der Waals surface area contributed by atoms with Crippen LogP contribution < -0.4 is 10.6 Å². The number of aryl methyl sites for hydroxylation is 2. The number of carbonyl (C=O) groups excluding carboxylic acids is 2. The zero-order valence-electron chi connectivity index (χ0n) is 13.3. The van der Waals surface area contributed by atoms with Gasteiger partial charge >= 0.3 is 6.09 Å². The summed E-state index contributed by atoms with van der Waals surface area (Å²) in [5.41, 5.74) is 3.96. The maximum atomic E-state index is 12.3. The predicted octanol–water partition coefficient (Wildman–Crippen LogP) is 2.81. The highest BCUT2D eigenvalue weighted by Crippen LogP contribution is 2.15. The number of nitrogens with one attached hydrogen (secondary N) is 2. The van der Waals surface area contributed by atoms with Gasteiger partial charge in [0, 0.05) is 17.4 Å². The van der Waals surface area contributed by atoms with Crippen molar-refractivity contribution >= 4 is 17.7 Å². The second-order valence-corrected chi connectivity index (χ2v) is 5.21. The molecule has 1 aromatic heterocycles. The molecule has 2 N–H and O–H groups in total. The van der Waals surface area contributed by atoms with Gasteiger partial charge < -0.3 is 15.4 Å². The molecule has 6 nitrogen and oxygen atoms in total. The van der Waals surface area contributed by atoms with Gasteiger partial charge in [-0.1, -0.05) is 6.07 Å². The van der Waals surface area contributed by atoms with Crippen molar-refractivity contribution in [1.82, 2.24) is 10.3 Å². The number of amides is 2. The number of rotatable bonds is 4. The standard InChI is InChI=1S/C17H19N3O3/c1-11-6-12(2)8-14(7-11)20-16(21)13-4-5-18-15(9-13)10-19-17(22)23-3/h4-9H,10H2,1-3H3,(H,19,22)(H,20,21). The van der Waals surface area contributed by atoms with E-state index in [0.29, 0.717) is 11.3 Å². The molecular formula is C17H19N3O3. The molecule has 0 saturated heterocycles. The summed E-state index contributed by atoms with van der Waals surface area (Å²) in [6, 6.07) is 9.11. The van der Waals surface area contributed by atoms with Crippen LogP contribution in [-0.4, -0.2) is 24.1 Å². The minimum atomic E-state index is -0.545. The predicted molar refractivity (Wildman–Crippen MR) is 87.4 cm³/mol. The van der Waals surface area contributed by atoms with Crippen LogP contribution in [0.5, 0.6) is 0 Å². The molecule has 0 fully saturated rings. The molecular weight excluding hydrogens is 294 g/mol. The Morgan fingerprint density at radius 2 is 1.83 bits per heavy atom. The van der Waals surface area contributed by atoms with E-state index in [1.807, 2.05) is 32.0 Å². The van der Waals surface area contributed by atoms with Gasteiger partial charge in [-0.15, -0.1) is 0 Å². The minimum Gasteiger partial charge on any atom is -0.453 e. The van der Waals surface area contributed by atoms with Gasteiger partial charge in [0.25, 0.3) is 5.91 Å². The Balaban J connectivity index is 2.08. The van der Waals surface area contributed by atoms with E-state index in [-0.39, 0.29) is 12.5 Å². The highest BCUT2D eigenvalue weighted by molar-refractivity contribution is 6.04. The fraction of sp³-hybridized carbons (Fsp3) is 0.235. The molecule has 2 rings (SSSR count). The maximum Gasteiger partial charge on any atom is 0.407 e. The summed E-state index contributed by atoms with van der Waals surface area (Å²) in [5.74, 6) is -0.225. The molecule has 0 bridgehead atoms. The minimum absolute atomic E-state index is 0.192. The van der Waals surface area contributed by atoms with E-state index in [1.54, 1.807) is 12.1 Å². The summed E-state index contributed by atoms with van der Waals surface area (Å²) in [4.78, 5) is 27.5. The van der Waals surface area contributed by atoms with Crippen LogP contribution in [0, 0.1) is 13.8 Å². The molecule has 0 aliphatic rings. The lowest BCUT2D eigenvalue weighted by Gasteiger charge is -2.09. The van der Waals surface area contributed by atoms with Crippen LogP contribution in [0.2, 0.25) is 0 Å². The van der Waals surface area contributed by atoms with Crippen LogP contribution in [0.4, 0.5) is 10.5 Å². The number of alkyl carbamates (subject to hydrolysis) is 1. The van der Waals surface area contributed by atoms with E-state index in [0.717, 1.165) is 16.8 Å². The lowest BCUT2D eigenvalue weighted by Crippen LogP contribution is -2.23. The lowest BCUT2D eigenvalue weighted by atomic mass is 10.1. The number of anilines is 1. The number of methoxy groups -OCH3 is 1. The van der Waals surface area contributed by atoms with Gasteiger partial charge in [0.15, 0.2) is 0 Å². The van der Waals surface area contributed by atoms with Crippen LogP contribution >= 0.6 is 0 Å². The van der Waals surface area contributed by atoms with Crippen LogP contribution in [0.15, 0.2) is 36.5 Å². The molecule has 0 aliphatic heterocycles. The molecule has 0 aliphatic carbocycles. The van der Waals surface area contributed by atoms with Crippen LogP contribution in [0.25, 0.3) is 0 Å². The first-order valence-electron chi connectivity index (χ1n) is 7.14. The average Bonchev–Trinajstić information content (AvgIpc) is 2.51. The number of pyridine rings is 1. The van der Waals surface area contributed by atoms with Crippen molar-refractivity contribution < 1.29 is 14.3 Å². The van der Waals surface area contributed by atoms with Gasteiger partial charge in [-0.3, -0.25) is 9.78 Å². The smallest absolute Gasteiger partial charge is 0.407 e. The van der Waals surface area contributed by atoms with Crippen molar-refractivity contribution in [3.05, 3.63) is 58.9 Å². The fourth-order valence-electron chi connectivity index (χ4n) is 2.20. The van der Waals surface area contributed by atoms with E-state index >= 15 is 0 Å². The third kappa shape index (κ3) is 4.81. The zero-order valence-corrected chi connectivity index (χ0v) is 13.3. The Morgan fingerprint density at radius 3 is 2.48 bits per heavy atom. The molecule has 23 heavy (non-hydrogen) atoms. The number of hydrogen-bond donors (Lipinski definition) is 2. The fourth-order valence-corrected chi connectivity index (χ4v) is 2.20. The van der Waals surface area contributed by atoms with Crippen LogP contribution in [0.1, 0.15) is 27.2 Å². The van der Waals surface area contributed by atoms with Gasteiger partial charge in [-0.05, 0) is 49.2 Å². The van der Waals surface area contributed by atoms with E-state index < -0.39 is 6.09 Å². The molecule has 0 radical (unpaired) electrons. The van der Waals surface area contributed by atoms with Crippen molar-refractivity contribution in [3.8, 4) is 0 Å². The van der Waals surface area contributed by atoms with Crippen molar-refractivity contribution in [3.63, 3.8) is 0 Å². The molecule has 120 valence electrons. The Bertz CT molecular complexity index is 709. The summed E-state index contributed by atoms with van der Waals surface area (Å²) < 4.78 is 4.49. The third-order valence-corrected chi connectivity index (χ3v) is 3.16. The van der Waals surface area contributed by atoms with Crippen molar-refractivity contribution in [1.29, 1.82) is 0 Å². The number of nitrogens with zero attached hydrogens (tertiary/aromatic N) is 1. The molecule has 2 amide bonds. The SMILES string of the molecule is COC(=O)NCc1cc(C(=O)Nc2cc(C)cc(C)c2)ccn1. The largest absolute Gasteiger partial charge is 0.453 e. The second-order valence-electron chi connectivity index (χ2n) is 5.21. The molecule has 0 saturated carbocycles. The van der Waals surface area contributed by atoms with Crippen molar-refractivity contribution in [2.45, 2.75) is 20.4 Å². The van der Waals surface area contributed by atoms with Crippen LogP contribution in [-0.2, 0) is 11.3 Å². The van der Waals surface area contributed by atoms with Gasteiger partial charge in [-0.25, -0.2) is 4.79 Å². The first-order valence-corrected chi connectivity index (χ1v) is 7.14. The van der Waals surface area contributed by atoms with Gasteiger partial charge in [0.1, 0.15) is 0 Å².